The summed E-state index contributed by atoms with van der Waals surface area (Å²) in [5.74, 6) is 4.71. The van der Waals surface area contributed by atoms with Crippen LogP contribution < -0.4 is 10.2 Å². The molecule has 0 saturated carbocycles. The molecule has 40 heavy (non-hydrogen) atoms. The Morgan fingerprint density at radius 2 is 1.80 bits per heavy atom. The molecular formula is C29H41N9O2. The van der Waals surface area contributed by atoms with Crippen molar-refractivity contribution in [2.24, 2.45) is 18.9 Å². The maximum Gasteiger partial charge on any atom is 0.241 e. The van der Waals surface area contributed by atoms with Crippen molar-refractivity contribution < 1.29 is 9.47 Å². The Balaban J connectivity index is 1.42. The van der Waals surface area contributed by atoms with Gasteiger partial charge in [-0.25, -0.2) is 14.5 Å². The SMILES string of the molecule is COCCNc1nc2ccccc2n1-c1nc(N2CCOCC2)c2nc(CN3CCC(C(C)C)CC3)n(C)c2n1. The fourth-order valence-electron chi connectivity index (χ4n) is 5.91. The van der Waals surface area contributed by atoms with Gasteiger partial charge < -0.3 is 24.3 Å². The van der Waals surface area contributed by atoms with Gasteiger partial charge in [-0.15, -0.1) is 0 Å². The number of anilines is 2. The summed E-state index contributed by atoms with van der Waals surface area (Å²) in [4.78, 5) is 25.1. The molecular weight excluding hydrogens is 506 g/mol. The molecule has 214 valence electrons. The number of hydrogen-bond acceptors (Lipinski definition) is 9. The molecule has 2 fully saturated rings. The number of nitrogens with one attached hydrogen (secondary N) is 1. The zero-order valence-corrected chi connectivity index (χ0v) is 24.1. The standard InChI is InChI=1S/C29H41N9O2/c1-20(2)21-9-12-36(13-10-21)19-24-32-25-26(35(24)3)33-29(34-27(25)37-14-17-40-18-15-37)38-23-8-6-5-7-22(23)31-28(38)30-11-16-39-4/h5-8,20-21H,9-19H2,1-4H3,(H,30,31). The van der Waals surface area contributed by atoms with Gasteiger partial charge in [0.05, 0.1) is 37.4 Å². The number of nitrogens with zero attached hydrogens (tertiary/aromatic N) is 8. The van der Waals surface area contributed by atoms with Gasteiger partial charge in [-0.2, -0.15) is 9.97 Å². The van der Waals surface area contributed by atoms with Gasteiger partial charge in [0.1, 0.15) is 5.82 Å². The van der Waals surface area contributed by atoms with Gasteiger partial charge in [-0.1, -0.05) is 26.0 Å². The lowest BCUT2D eigenvalue weighted by atomic mass is 9.87. The molecule has 0 spiro atoms. The number of aryl methyl sites for hydroxylation is 1. The van der Waals surface area contributed by atoms with Gasteiger partial charge in [0.2, 0.25) is 11.9 Å². The van der Waals surface area contributed by atoms with Gasteiger partial charge in [-0.05, 0) is 49.9 Å². The lowest BCUT2D eigenvalue weighted by Gasteiger charge is -2.33. The molecule has 11 nitrogen and oxygen atoms in total. The number of fused-ring (bicyclic) bond motifs is 2. The number of hydrogen-bond donors (Lipinski definition) is 1. The summed E-state index contributed by atoms with van der Waals surface area (Å²) in [6.45, 7) is 11.8. The predicted octanol–water partition coefficient (Wildman–Crippen LogP) is 3.47. The number of ether oxygens (including phenoxy) is 2. The number of benzene rings is 1. The van der Waals surface area contributed by atoms with Crippen molar-refractivity contribution in [1.82, 2.24) is 34.0 Å². The Labute approximate surface area is 235 Å². The third-order valence-electron chi connectivity index (χ3n) is 8.38. The first-order valence-corrected chi connectivity index (χ1v) is 14.5. The average molecular weight is 548 g/mol. The van der Waals surface area contributed by atoms with E-state index in [9.17, 15) is 0 Å². The first kappa shape index (κ1) is 26.9. The largest absolute Gasteiger partial charge is 0.383 e. The van der Waals surface area contributed by atoms with Crippen molar-refractivity contribution in [3.8, 4) is 5.95 Å². The molecule has 2 saturated heterocycles. The van der Waals surface area contributed by atoms with E-state index in [1.165, 1.54) is 12.8 Å². The quantitative estimate of drug-likeness (QED) is 0.316. The van der Waals surface area contributed by atoms with Crippen molar-refractivity contribution in [3.05, 3.63) is 30.1 Å². The Morgan fingerprint density at radius 3 is 2.55 bits per heavy atom. The lowest BCUT2D eigenvalue weighted by molar-refractivity contribution is 0.122. The van der Waals surface area contributed by atoms with E-state index in [0.29, 0.717) is 38.3 Å². The molecule has 2 aliphatic heterocycles. The second-order valence-electron chi connectivity index (χ2n) is 11.2. The third kappa shape index (κ3) is 5.25. The smallest absolute Gasteiger partial charge is 0.241 e. The van der Waals surface area contributed by atoms with Gasteiger partial charge in [-0.3, -0.25) is 4.90 Å². The number of imidazole rings is 2. The topological polar surface area (TPSA) is 98.4 Å². The normalized spacial score (nSPS) is 17.5. The molecule has 5 heterocycles. The highest BCUT2D eigenvalue weighted by Gasteiger charge is 2.27. The fraction of sp³-hybridized carbons (Fsp3) is 0.586. The van der Waals surface area contributed by atoms with Crippen LogP contribution >= 0.6 is 0 Å². The highest BCUT2D eigenvalue weighted by atomic mass is 16.5. The lowest BCUT2D eigenvalue weighted by Crippen LogP contribution is -2.37. The van der Waals surface area contributed by atoms with Crippen LogP contribution in [0, 0.1) is 11.8 Å². The highest BCUT2D eigenvalue weighted by molar-refractivity contribution is 5.86. The summed E-state index contributed by atoms with van der Waals surface area (Å²) in [7, 11) is 3.78. The minimum Gasteiger partial charge on any atom is -0.383 e. The van der Waals surface area contributed by atoms with Crippen LogP contribution in [0.15, 0.2) is 24.3 Å². The third-order valence-corrected chi connectivity index (χ3v) is 8.38. The molecule has 0 radical (unpaired) electrons. The van der Waals surface area contributed by atoms with Crippen molar-refractivity contribution in [2.75, 3.05) is 69.9 Å². The number of rotatable bonds is 9. The maximum atomic E-state index is 5.67. The second-order valence-corrected chi connectivity index (χ2v) is 11.2. The Kier molecular flexibility index (Phi) is 7.86. The van der Waals surface area contributed by atoms with E-state index < -0.39 is 0 Å². The molecule has 0 aliphatic carbocycles. The number of morpholine rings is 1. The molecule has 6 rings (SSSR count). The summed E-state index contributed by atoms with van der Waals surface area (Å²) in [6.07, 6.45) is 2.49. The van der Waals surface area contributed by atoms with E-state index in [0.717, 1.165) is 78.4 Å². The van der Waals surface area contributed by atoms with Gasteiger partial charge >= 0.3 is 0 Å². The van der Waals surface area contributed by atoms with Gasteiger partial charge in [0, 0.05) is 33.8 Å². The summed E-state index contributed by atoms with van der Waals surface area (Å²) in [5, 5.41) is 3.42. The molecule has 0 bridgehead atoms. The molecule has 0 unspecified atom stereocenters. The van der Waals surface area contributed by atoms with E-state index in [4.69, 9.17) is 29.4 Å². The Bertz CT molecular complexity index is 1450. The van der Waals surface area contributed by atoms with E-state index >= 15 is 0 Å². The van der Waals surface area contributed by atoms with Crippen LogP contribution in [-0.2, 0) is 23.1 Å². The average Bonchev–Trinajstić information content (AvgIpc) is 3.50. The summed E-state index contributed by atoms with van der Waals surface area (Å²) >= 11 is 0. The molecule has 11 heteroatoms. The molecule has 3 aromatic heterocycles. The van der Waals surface area contributed by atoms with Crippen LogP contribution in [-0.4, -0.2) is 93.6 Å². The van der Waals surface area contributed by atoms with Crippen LogP contribution in [0.1, 0.15) is 32.5 Å². The zero-order chi connectivity index (χ0) is 27.6. The second kappa shape index (κ2) is 11.7. The number of piperidine rings is 1. The Hall–Kier alpha value is -3.28. The van der Waals surface area contributed by atoms with E-state index in [1.807, 2.05) is 22.8 Å². The molecule has 0 atom stereocenters. The summed E-state index contributed by atoms with van der Waals surface area (Å²) in [5.41, 5.74) is 3.51. The monoisotopic (exact) mass is 547 g/mol. The minimum absolute atomic E-state index is 0.571. The molecule has 1 aromatic carbocycles. The van der Waals surface area contributed by atoms with Gasteiger partial charge in [0.25, 0.3) is 0 Å². The van der Waals surface area contributed by atoms with Crippen LogP contribution in [0.2, 0.25) is 0 Å². The van der Waals surface area contributed by atoms with Crippen LogP contribution in [0.4, 0.5) is 11.8 Å². The number of para-hydroxylation sites is 2. The zero-order valence-electron chi connectivity index (χ0n) is 24.1. The van der Waals surface area contributed by atoms with Crippen molar-refractivity contribution >= 4 is 34.0 Å². The van der Waals surface area contributed by atoms with E-state index in [2.05, 4.69) is 46.6 Å². The fourth-order valence-corrected chi connectivity index (χ4v) is 5.91. The number of methoxy groups -OCH3 is 1. The highest BCUT2D eigenvalue weighted by Crippen LogP contribution is 2.30. The predicted molar refractivity (Wildman–Crippen MR) is 157 cm³/mol. The summed E-state index contributed by atoms with van der Waals surface area (Å²) < 4.78 is 15.1. The van der Waals surface area contributed by atoms with Crippen LogP contribution in [0.5, 0.6) is 0 Å². The van der Waals surface area contributed by atoms with E-state index in [-0.39, 0.29) is 0 Å². The number of aromatic nitrogens is 6. The van der Waals surface area contributed by atoms with Crippen LogP contribution in [0.25, 0.3) is 28.1 Å². The maximum absolute atomic E-state index is 5.67. The molecule has 0 amide bonds. The van der Waals surface area contributed by atoms with Crippen molar-refractivity contribution in [3.63, 3.8) is 0 Å². The minimum atomic E-state index is 0.571. The Morgan fingerprint density at radius 1 is 1.02 bits per heavy atom. The van der Waals surface area contributed by atoms with Crippen LogP contribution in [0.3, 0.4) is 0 Å². The first-order valence-electron chi connectivity index (χ1n) is 14.5. The molecule has 1 N–H and O–H groups in total. The van der Waals surface area contributed by atoms with Gasteiger partial charge in [0.15, 0.2) is 17.0 Å². The van der Waals surface area contributed by atoms with E-state index in [1.54, 1.807) is 7.11 Å². The number of likely N-dealkylation sites (tertiary alicyclic amines) is 1. The first-order chi connectivity index (χ1) is 19.5. The summed E-state index contributed by atoms with van der Waals surface area (Å²) in [6, 6.07) is 8.09. The molecule has 2 aliphatic rings. The van der Waals surface area contributed by atoms with Crippen molar-refractivity contribution in [2.45, 2.75) is 33.2 Å². The molecule has 4 aromatic rings. The van der Waals surface area contributed by atoms with Crippen molar-refractivity contribution in [1.29, 1.82) is 0 Å².